The van der Waals surface area contributed by atoms with Crippen molar-refractivity contribution < 1.29 is 9.47 Å². The van der Waals surface area contributed by atoms with E-state index in [9.17, 15) is 0 Å². The molecule has 0 spiro atoms. The fourth-order valence-corrected chi connectivity index (χ4v) is 2.46. The Morgan fingerprint density at radius 1 is 1.14 bits per heavy atom. The molecule has 0 aliphatic rings. The van der Waals surface area contributed by atoms with Crippen LogP contribution >= 0.6 is 15.9 Å². The van der Waals surface area contributed by atoms with E-state index < -0.39 is 0 Å². The Hall–Kier alpha value is -1.68. The number of ether oxygens (including phenoxy) is 2. The Morgan fingerprint density at radius 3 is 2.67 bits per heavy atom. The van der Waals surface area contributed by atoms with Gasteiger partial charge in [-0.25, -0.2) is 0 Å². The number of benzene rings is 2. The monoisotopic (exact) mass is 349 g/mol. The van der Waals surface area contributed by atoms with Gasteiger partial charge in [-0.15, -0.1) is 0 Å². The summed E-state index contributed by atoms with van der Waals surface area (Å²) in [5.41, 5.74) is 3.47. The molecule has 4 heteroatoms. The molecule has 0 saturated carbocycles. The molecule has 0 aliphatic carbocycles. The molecule has 3 nitrogen and oxygen atoms in total. The van der Waals surface area contributed by atoms with E-state index in [4.69, 9.17) is 9.47 Å². The van der Waals surface area contributed by atoms with Crippen molar-refractivity contribution in [3.8, 4) is 11.5 Å². The maximum atomic E-state index is 5.53. The van der Waals surface area contributed by atoms with Crippen LogP contribution in [0, 0.1) is 6.92 Å². The van der Waals surface area contributed by atoms with E-state index in [1.54, 1.807) is 7.11 Å². The molecule has 0 atom stereocenters. The van der Waals surface area contributed by atoms with Gasteiger partial charge in [0.1, 0.15) is 0 Å². The van der Waals surface area contributed by atoms with Gasteiger partial charge in [0.05, 0.1) is 13.7 Å². The van der Waals surface area contributed by atoms with Gasteiger partial charge in [0, 0.05) is 16.7 Å². The summed E-state index contributed by atoms with van der Waals surface area (Å²) in [5.74, 6) is 1.55. The van der Waals surface area contributed by atoms with Crippen LogP contribution in [-0.2, 0) is 6.54 Å². The van der Waals surface area contributed by atoms with E-state index in [1.165, 1.54) is 5.56 Å². The molecule has 0 amide bonds. The Balaban J connectivity index is 2.11. The second kappa shape index (κ2) is 7.36. The first kappa shape index (κ1) is 15.7. The summed E-state index contributed by atoms with van der Waals surface area (Å²) in [4.78, 5) is 0. The highest BCUT2D eigenvalue weighted by Crippen LogP contribution is 2.29. The van der Waals surface area contributed by atoms with Crippen LogP contribution in [0.1, 0.15) is 18.1 Å². The lowest BCUT2D eigenvalue weighted by molar-refractivity contribution is 0.310. The van der Waals surface area contributed by atoms with Gasteiger partial charge in [-0.2, -0.15) is 0 Å². The molecule has 1 N–H and O–H groups in total. The number of halogens is 1. The van der Waals surface area contributed by atoms with Crippen LogP contribution in [0.4, 0.5) is 5.69 Å². The van der Waals surface area contributed by atoms with Crippen molar-refractivity contribution in [1.82, 2.24) is 0 Å². The second-order valence-corrected chi connectivity index (χ2v) is 5.54. The van der Waals surface area contributed by atoms with Gasteiger partial charge in [0.15, 0.2) is 11.5 Å². The lowest BCUT2D eigenvalue weighted by Crippen LogP contribution is -2.02. The summed E-state index contributed by atoms with van der Waals surface area (Å²) in [6, 6.07) is 12.1. The van der Waals surface area contributed by atoms with Gasteiger partial charge >= 0.3 is 0 Å². The fourth-order valence-electron chi connectivity index (χ4n) is 2.09. The summed E-state index contributed by atoms with van der Waals surface area (Å²) >= 11 is 3.55. The normalized spacial score (nSPS) is 10.3. The average molecular weight is 350 g/mol. The molecule has 2 aromatic carbocycles. The Bertz CT molecular complexity index is 614. The number of nitrogens with one attached hydrogen (secondary N) is 1. The van der Waals surface area contributed by atoms with Gasteiger partial charge in [-0.05, 0) is 49.2 Å². The van der Waals surface area contributed by atoms with Crippen molar-refractivity contribution >= 4 is 21.6 Å². The summed E-state index contributed by atoms with van der Waals surface area (Å²) in [7, 11) is 1.66. The van der Waals surface area contributed by atoms with Crippen molar-refractivity contribution in [2.45, 2.75) is 20.4 Å². The predicted octanol–water partition coefficient (Wildman–Crippen LogP) is 4.78. The van der Waals surface area contributed by atoms with E-state index in [2.05, 4.69) is 34.2 Å². The lowest BCUT2D eigenvalue weighted by Gasteiger charge is -2.13. The molecular formula is C17H20BrNO2. The minimum atomic E-state index is 0.630. The molecule has 2 aromatic rings. The summed E-state index contributed by atoms with van der Waals surface area (Å²) in [6.07, 6.45) is 0. The first-order valence-electron chi connectivity index (χ1n) is 6.94. The van der Waals surface area contributed by atoms with Crippen LogP contribution in [0.3, 0.4) is 0 Å². The van der Waals surface area contributed by atoms with E-state index in [-0.39, 0.29) is 0 Å². The molecule has 0 heterocycles. The van der Waals surface area contributed by atoms with Crippen LogP contribution in [0.25, 0.3) is 0 Å². The second-order valence-electron chi connectivity index (χ2n) is 4.68. The lowest BCUT2D eigenvalue weighted by atomic mass is 10.1. The van der Waals surface area contributed by atoms with E-state index >= 15 is 0 Å². The third-order valence-electron chi connectivity index (χ3n) is 3.28. The minimum absolute atomic E-state index is 0.630. The van der Waals surface area contributed by atoms with Crippen LogP contribution < -0.4 is 14.8 Å². The third-order valence-corrected chi connectivity index (χ3v) is 4.14. The zero-order chi connectivity index (χ0) is 15.2. The van der Waals surface area contributed by atoms with Gasteiger partial charge in [-0.1, -0.05) is 28.1 Å². The van der Waals surface area contributed by atoms with Crippen LogP contribution in [0.15, 0.2) is 40.9 Å². The van der Waals surface area contributed by atoms with E-state index in [0.29, 0.717) is 6.61 Å². The quantitative estimate of drug-likeness (QED) is 0.814. The van der Waals surface area contributed by atoms with Crippen LogP contribution in [0.2, 0.25) is 0 Å². The number of rotatable bonds is 6. The first-order chi connectivity index (χ1) is 10.2. The van der Waals surface area contributed by atoms with Gasteiger partial charge < -0.3 is 14.8 Å². The summed E-state index contributed by atoms with van der Waals surface area (Å²) in [5, 5.41) is 3.45. The Kier molecular flexibility index (Phi) is 5.51. The minimum Gasteiger partial charge on any atom is -0.493 e. The van der Waals surface area contributed by atoms with Crippen molar-refractivity contribution in [2.75, 3.05) is 19.0 Å². The van der Waals surface area contributed by atoms with Crippen molar-refractivity contribution in [3.63, 3.8) is 0 Å². The third kappa shape index (κ3) is 3.91. The molecule has 0 fully saturated rings. The highest BCUT2D eigenvalue weighted by Gasteiger charge is 2.06. The topological polar surface area (TPSA) is 30.5 Å². The fraction of sp³-hybridized carbons (Fsp3) is 0.294. The summed E-state index contributed by atoms with van der Waals surface area (Å²) in [6.45, 7) is 5.42. The summed E-state index contributed by atoms with van der Waals surface area (Å²) < 4.78 is 12.0. The number of hydrogen-bond donors (Lipinski definition) is 1. The van der Waals surface area contributed by atoms with Crippen LogP contribution in [-0.4, -0.2) is 13.7 Å². The Labute approximate surface area is 134 Å². The zero-order valence-corrected chi connectivity index (χ0v) is 14.2. The zero-order valence-electron chi connectivity index (χ0n) is 12.6. The van der Waals surface area contributed by atoms with Gasteiger partial charge in [0.25, 0.3) is 0 Å². The van der Waals surface area contributed by atoms with Crippen molar-refractivity contribution in [3.05, 3.63) is 52.0 Å². The van der Waals surface area contributed by atoms with Crippen molar-refractivity contribution in [1.29, 1.82) is 0 Å². The number of hydrogen-bond acceptors (Lipinski definition) is 3. The first-order valence-corrected chi connectivity index (χ1v) is 7.73. The molecule has 0 bridgehead atoms. The average Bonchev–Trinajstić information content (AvgIpc) is 2.50. The SMILES string of the molecule is CCOc1ccc(CNc2cccc(Br)c2C)cc1OC. The number of methoxy groups -OCH3 is 1. The molecular weight excluding hydrogens is 330 g/mol. The maximum absolute atomic E-state index is 5.53. The molecule has 0 radical (unpaired) electrons. The largest absolute Gasteiger partial charge is 0.493 e. The maximum Gasteiger partial charge on any atom is 0.161 e. The highest BCUT2D eigenvalue weighted by atomic mass is 79.9. The molecule has 0 aromatic heterocycles. The predicted molar refractivity (Wildman–Crippen MR) is 90.4 cm³/mol. The molecule has 112 valence electrons. The molecule has 2 rings (SSSR count). The van der Waals surface area contributed by atoms with Gasteiger partial charge in [-0.3, -0.25) is 0 Å². The standard InChI is InChI=1S/C17H20BrNO2/c1-4-21-16-9-8-13(10-17(16)20-3)11-19-15-7-5-6-14(18)12(15)2/h5-10,19H,4,11H2,1-3H3. The molecule has 0 unspecified atom stereocenters. The van der Waals surface area contributed by atoms with E-state index in [1.807, 2.05) is 37.3 Å². The molecule has 21 heavy (non-hydrogen) atoms. The van der Waals surface area contributed by atoms with Gasteiger partial charge in [0.2, 0.25) is 0 Å². The Morgan fingerprint density at radius 2 is 1.95 bits per heavy atom. The highest BCUT2D eigenvalue weighted by molar-refractivity contribution is 9.10. The smallest absolute Gasteiger partial charge is 0.161 e. The molecule has 0 aliphatic heterocycles. The van der Waals surface area contributed by atoms with E-state index in [0.717, 1.165) is 33.8 Å². The van der Waals surface area contributed by atoms with Crippen LogP contribution in [0.5, 0.6) is 11.5 Å². The molecule has 0 saturated heterocycles. The van der Waals surface area contributed by atoms with Crippen molar-refractivity contribution in [2.24, 2.45) is 0 Å². The number of anilines is 1.